The molecule has 0 rings (SSSR count). The third-order valence-corrected chi connectivity index (χ3v) is 10.8. The first-order valence-electron chi connectivity index (χ1n) is 7.98. The number of hydrogen-bond donors (Lipinski definition) is 1. The number of rotatable bonds is 12. The van der Waals surface area contributed by atoms with Gasteiger partial charge in [-0.25, -0.2) is 0 Å². The van der Waals surface area contributed by atoms with E-state index in [0.29, 0.717) is 0 Å². The van der Waals surface area contributed by atoms with Crippen LogP contribution in [0.1, 0.15) is 27.7 Å². The molecule has 0 aliphatic carbocycles. The topological polar surface area (TPSA) is 82.1 Å². The maximum atomic E-state index is 11.9. The predicted molar refractivity (Wildman–Crippen MR) is 94.4 cm³/mol. The maximum absolute atomic E-state index is 11.9. The van der Waals surface area contributed by atoms with Crippen LogP contribution in [0.5, 0.6) is 0 Å². The van der Waals surface area contributed by atoms with Crippen molar-refractivity contribution in [2.75, 3.05) is 20.4 Å². The van der Waals surface area contributed by atoms with Crippen molar-refractivity contribution in [2.24, 2.45) is 0 Å². The SMILES string of the molecule is CC[Si](CC)(CC)O[C@H](C)[C@@H](O)/C=C/C(=O)CP(=O)(OC)OC. The van der Waals surface area contributed by atoms with E-state index in [1.165, 1.54) is 26.4 Å². The highest BCUT2D eigenvalue weighted by Gasteiger charge is 2.32. The lowest BCUT2D eigenvalue weighted by Gasteiger charge is -2.33. The average Bonchev–Trinajstić information content (AvgIpc) is 2.57. The van der Waals surface area contributed by atoms with Crippen LogP contribution in [0.4, 0.5) is 0 Å². The van der Waals surface area contributed by atoms with Crippen LogP contribution in [0, 0.1) is 0 Å². The molecule has 0 aliphatic heterocycles. The van der Waals surface area contributed by atoms with Crippen LogP contribution >= 0.6 is 7.60 Å². The zero-order valence-electron chi connectivity index (χ0n) is 15.1. The van der Waals surface area contributed by atoms with Crippen LogP contribution in [0.25, 0.3) is 0 Å². The van der Waals surface area contributed by atoms with Gasteiger partial charge in [-0.3, -0.25) is 9.36 Å². The van der Waals surface area contributed by atoms with Crippen molar-refractivity contribution < 1.29 is 27.9 Å². The Bertz CT molecular complexity index is 419. The summed E-state index contributed by atoms with van der Waals surface area (Å²) < 4.78 is 27.4. The van der Waals surface area contributed by atoms with Gasteiger partial charge in [0.1, 0.15) is 6.16 Å². The van der Waals surface area contributed by atoms with Gasteiger partial charge in [-0.05, 0) is 31.1 Å². The molecule has 0 saturated heterocycles. The van der Waals surface area contributed by atoms with Gasteiger partial charge in [0, 0.05) is 14.2 Å². The second-order valence-electron chi connectivity index (χ2n) is 5.52. The van der Waals surface area contributed by atoms with Crippen LogP contribution in [0.15, 0.2) is 12.2 Å². The normalized spacial score (nSPS) is 15.8. The molecule has 0 bridgehead atoms. The quantitative estimate of drug-likeness (QED) is 0.324. The van der Waals surface area contributed by atoms with E-state index in [1.54, 1.807) is 6.92 Å². The summed E-state index contributed by atoms with van der Waals surface area (Å²) in [6, 6.07) is 2.97. The van der Waals surface area contributed by atoms with Gasteiger partial charge in [-0.1, -0.05) is 26.8 Å². The predicted octanol–water partition coefficient (Wildman–Crippen LogP) is 3.37. The monoisotopic (exact) mass is 366 g/mol. The number of hydrogen-bond acceptors (Lipinski definition) is 6. The Hall–Kier alpha value is -0.303. The van der Waals surface area contributed by atoms with Crippen LogP contribution in [0.2, 0.25) is 18.1 Å². The highest BCUT2D eigenvalue weighted by atomic mass is 31.2. The number of aliphatic hydroxyl groups excluding tert-OH is 1. The number of carbonyl (C=O) groups excluding carboxylic acids is 1. The van der Waals surface area contributed by atoms with Crippen LogP contribution in [0.3, 0.4) is 0 Å². The van der Waals surface area contributed by atoms with Crippen LogP contribution in [-0.2, 0) is 22.8 Å². The van der Waals surface area contributed by atoms with Gasteiger partial charge in [0.25, 0.3) is 0 Å². The van der Waals surface area contributed by atoms with E-state index in [9.17, 15) is 14.5 Å². The first-order valence-corrected chi connectivity index (χ1v) is 12.2. The Labute approximate surface area is 140 Å². The molecular formula is C15H31O6PSi. The highest BCUT2D eigenvalue weighted by molar-refractivity contribution is 7.54. The molecular weight excluding hydrogens is 335 g/mol. The molecule has 136 valence electrons. The van der Waals surface area contributed by atoms with E-state index in [1.807, 2.05) is 0 Å². The van der Waals surface area contributed by atoms with Gasteiger partial charge in [0.2, 0.25) is 0 Å². The summed E-state index contributed by atoms with van der Waals surface area (Å²) in [6.07, 6.45) is 0.961. The Kier molecular flexibility index (Phi) is 10.4. The Morgan fingerprint density at radius 3 is 2.04 bits per heavy atom. The summed E-state index contributed by atoms with van der Waals surface area (Å²) in [5.74, 6) is -0.423. The molecule has 0 amide bonds. The molecule has 0 aliphatic rings. The molecule has 0 aromatic heterocycles. The molecule has 23 heavy (non-hydrogen) atoms. The van der Waals surface area contributed by atoms with Crippen molar-refractivity contribution >= 4 is 21.7 Å². The molecule has 0 aromatic rings. The van der Waals surface area contributed by atoms with E-state index >= 15 is 0 Å². The van der Waals surface area contributed by atoms with E-state index in [0.717, 1.165) is 18.1 Å². The summed E-state index contributed by atoms with van der Waals surface area (Å²) in [4.78, 5) is 11.8. The minimum absolute atomic E-state index is 0.351. The first kappa shape index (κ1) is 22.7. The van der Waals surface area contributed by atoms with Crippen molar-refractivity contribution in [1.29, 1.82) is 0 Å². The second-order valence-corrected chi connectivity index (χ2v) is 12.5. The lowest BCUT2D eigenvalue weighted by molar-refractivity contribution is -0.112. The average molecular weight is 366 g/mol. The fraction of sp³-hybridized carbons (Fsp3) is 0.800. The lowest BCUT2D eigenvalue weighted by atomic mass is 10.2. The van der Waals surface area contributed by atoms with Crippen molar-refractivity contribution in [3.05, 3.63) is 12.2 Å². The van der Waals surface area contributed by atoms with E-state index in [-0.39, 0.29) is 12.3 Å². The Morgan fingerprint density at radius 1 is 1.17 bits per heavy atom. The van der Waals surface area contributed by atoms with Crippen LogP contribution in [-0.4, -0.2) is 51.8 Å². The lowest BCUT2D eigenvalue weighted by Crippen LogP contribution is -2.42. The van der Waals surface area contributed by atoms with E-state index in [4.69, 9.17) is 13.5 Å². The van der Waals surface area contributed by atoms with Gasteiger partial charge < -0.3 is 18.6 Å². The molecule has 2 atom stereocenters. The van der Waals surface area contributed by atoms with Crippen molar-refractivity contribution in [3.63, 3.8) is 0 Å². The van der Waals surface area contributed by atoms with E-state index < -0.39 is 27.8 Å². The molecule has 0 fully saturated rings. The molecule has 6 nitrogen and oxygen atoms in total. The minimum Gasteiger partial charge on any atom is -0.411 e. The molecule has 0 heterocycles. The maximum Gasteiger partial charge on any atom is 0.337 e. The third kappa shape index (κ3) is 7.41. The molecule has 0 radical (unpaired) electrons. The number of carbonyl (C=O) groups is 1. The number of aliphatic hydroxyl groups is 1. The molecule has 1 N–H and O–H groups in total. The molecule has 8 heteroatoms. The first-order chi connectivity index (χ1) is 10.7. The van der Waals surface area contributed by atoms with Crippen molar-refractivity contribution in [2.45, 2.75) is 58.0 Å². The molecule has 0 aromatic carbocycles. The summed E-state index contributed by atoms with van der Waals surface area (Å²) in [5.41, 5.74) is 0. The molecule has 0 unspecified atom stereocenters. The number of ketones is 1. The molecule has 0 spiro atoms. The summed E-state index contributed by atoms with van der Waals surface area (Å²) in [5, 5.41) is 10.2. The van der Waals surface area contributed by atoms with Gasteiger partial charge >= 0.3 is 7.60 Å². The zero-order valence-corrected chi connectivity index (χ0v) is 17.0. The highest BCUT2D eigenvalue weighted by Crippen LogP contribution is 2.46. The van der Waals surface area contributed by atoms with Gasteiger partial charge in [-0.15, -0.1) is 0 Å². The minimum atomic E-state index is -3.38. The largest absolute Gasteiger partial charge is 0.411 e. The second kappa shape index (κ2) is 10.5. The standard InChI is InChI=1S/C15H31O6PSi/c1-7-23(8-2,9-3)21-13(4)15(17)11-10-14(16)12-22(18,19-5)20-6/h10-11,13,15,17H,7-9,12H2,1-6H3/b11-10+/t13-,15+/m1/s1. The van der Waals surface area contributed by atoms with Crippen LogP contribution < -0.4 is 0 Å². The number of allylic oxidation sites excluding steroid dienone is 1. The fourth-order valence-corrected chi connectivity index (χ4v) is 6.10. The van der Waals surface area contributed by atoms with Gasteiger partial charge in [0.05, 0.1) is 12.2 Å². The van der Waals surface area contributed by atoms with Crippen molar-refractivity contribution in [1.82, 2.24) is 0 Å². The summed E-state index contributed by atoms with van der Waals surface area (Å²) in [6.45, 7) is 8.15. The van der Waals surface area contributed by atoms with E-state index in [2.05, 4.69) is 20.8 Å². The molecule has 0 saturated carbocycles. The van der Waals surface area contributed by atoms with Gasteiger partial charge in [-0.2, -0.15) is 0 Å². The summed E-state index contributed by atoms with van der Waals surface area (Å²) in [7, 11) is -2.72. The fourth-order valence-electron chi connectivity index (χ4n) is 2.27. The van der Waals surface area contributed by atoms with Gasteiger partial charge in [0.15, 0.2) is 14.1 Å². The zero-order chi connectivity index (χ0) is 18.1. The smallest absolute Gasteiger partial charge is 0.337 e. The van der Waals surface area contributed by atoms with Crippen molar-refractivity contribution in [3.8, 4) is 0 Å². The third-order valence-electron chi connectivity index (χ3n) is 4.23. The Balaban J connectivity index is 4.71. The summed E-state index contributed by atoms with van der Waals surface area (Å²) >= 11 is 0. The Morgan fingerprint density at radius 2 is 1.65 bits per heavy atom.